The molecule has 4 heteroatoms. The van der Waals surface area contributed by atoms with Gasteiger partial charge in [0, 0.05) is 25.6 Å². The van der Waals surface area contributed by atoms with E-state index in [-0.39, 0.29) is 17.4 Å². The molecule has 0 aliphatic heterocycles. The predicted octanol–water partition coefficient (Wildman–Crippen LogP) is 1.66. The van der Waals surface area contributed by atoms with Crippen LogP contribution in [0.3, 0.4) is 0 Å². The first-order valence-electron chi connectivity index (χ1n) is 6.39. The molecule has 1 aliphatic rings. The van der Waals surface area contributed by atoms with Crippen molar-refractivity contribution in [3.63, 3.8) is 0 Å². The number of carbonyl (C=O) groups excluding carboxylic acids is 1. The molecular formula is C13H23N3O. The first kappa shape index (κ1) is 14.0. The number of carbonyl (C=O) groups is 1. The molecule has 0 aromatic heterocycles. The third kappa shape index (κ3) is 4.35. The lowest BCUT2D eigenvalue weighted by molar-refractivity contribution is -0.131. The molecule has 4 nitrogen and oxygen atoms in total. The molecular weight excluding hydrogens is 214 g/mol. The fraction of sp³-hybridized carbons (Fsp3) is 0.846. The highest BCUT2D eigenvalue weighted by molar-refractivity contribution is 5.77. The van der Waals surface area contributed by atoms with Crippen molar-refractivity contribution >= 4 is 5.91 Å². The summed E-state index contributed by atoms with van der Waals surface area (Å²) in [6, 6.07) is 2.14. The van der Waals surface area contributed by atoms with Gasteiger partial charge in [0.1, 0.15) is 0 Å². The van der Waals surface area contributed by atoms with Gasteiger partial charge in [-0.15, -0.1) is 0 Å². The van der Waals surface area contributed by atoms with Crippen LogP contribution in [0.1, 0.15) is 45.4 Å². The van der Waals surface area contributed by atoms with E-state index >= 15 is 0 Å². The molecule has 0 aromatic carbocycles. The quantitative estimate of drug-likeness (QED) is 0.808. The zero-order chi connectivity index (χ0) is 12.9. The summed E-state index contributed by atoms with van der Waals surface area (Å²) in [6.07, 6.45) is 5.79. The van der Waals surface area contributed by atoms with E-state index in [1.807, 2.05) is 6.92 Å². The molecule has 96 valence electrons. The van der Waals surface area contributed by atoms with E-state index in [2.05, 4.69) is 6.07 Å². The van der Waals surface area contributed by atoms with Gasteiger partial charge >= 0.3 is 0 Å². The zero-order valence-corrected chi connectivity index (χ0v) is 10.9. The maximum Gasteiger partial charge on any atom is 0.224 e. The van der Waals surface area contributed by atoms with Gasteiger partial charge in [-0.3, -0.25) is 4.79 Å². The fourth-order valence-electron chi connectivity index (χ4n) is 2.42. The Bertz CT molecular complexity index is 302. The van der Waals surface area contributed by atoms with E-state index in [0.29, 0.717) is 13.0 Å². The number of hydrogen-bond donors (Lipinski definition) is 1. The van der Waals surface area contributed by atoms with Gasteiger partial charge in [0.2, 0.25) is 5.91 Å². The Labute approximate surface area is 104 Å². The minimum Gasteiger partial charge on any atom is -0.344 e. The molecule has 1 fully saturated rings. The van der Waals surface area contributed by atoms with Crippen LogP contribution in [0.15, 0.2) is 0 Å². The van der Waals surface area contributed by atoms with E-state index in [1.54, 1.807) is 11.9 Å². The maximum atomic E-state index is 12.0. The molecule has 0 heterocycles. The average molecular weight is 237 g/mol. The van der Waals surface area contributed by atoms with Crippen LogP contribution in [0.5, 0.6) is 0 Å². The van der Waals surface area contributed by atoms with Crippen LogP contribution in [0.25, 0.3) is 0 Å². The van der Waals surface area contributed by atoms with Crippen molar-refractivity contribution in [1.29, 1.82) is 5.26 Å². The van der Waals surface area contributed by atoms with Crippen molar-refractivity contribution in [2.24, 2.45) is 11.7 Å². The van der Waals surface area contributed by atoms with Gasteiger partial charge < -0.3 is 10.6 Å². The van der Waals surface area contributed by atoms with Crippen molar-refractivity contribution in [1.82, 2.24) is 4.90 Å². The van der Waals surface area contributed by atoms with E-state index < -0.39 is 0 Å². The number of amides is 1. The molecule has 17 heavy (non-hydrogen) atoms. The molecule has 1 amide bonds. The van der Waals surface area contributed by atoms with Gasteiger partial charge in [-0.05, 0) is 19.8 Å². The van der Waals surface area contributed by atoms with Crippen LogP contribution in [0.2, 0.25) is 0 Å². The molecule has 1 rings (SSSR count). The summed E-state index contributed by atoms with van der Waals surface area (Å²) in [5, 5.41) is 8.72. The zero-order valence-electron chi connectivity index (χ0n) is 10.9. The largest absolute Gasteiger partial charge is 0.344 e. The number of nitrogens with two attached hydrogens (primary N) is 1. The van der Waals surface area contributed by atoms with Crippen molar-refractivity contribution in [3.8, 4) is 6.07 Å². The molecule has 1 aliphatic carbocycles. The van der Waals surface area contributed by atoms with Gasteiger partial charge in [0.05, 0.1) is 12.0 Å². The van der Waals surface area contributed by atoms with Crippen LogP contribution in [-0.2, 0) is 4.79 Å². The van der Waals surface area contributed by atoms with E-state index in [4.69, 9.17) is 11.0 Å². The Morgan fingerprint density at radius 1 is 1.47 bits per heavy atom. The van der Waals surface area contributed by atoms with Gasteiger partial charge in [0.15, 0.2) is 0 Å². The fourth-order valence-corrected chi connectivity index (χ4v) is 2.42. The summed E-state index contributed by atoms with van der Waals surface area (Å²) in [5.74, 6) is -0.0551. The number of nitriles is 1. The summed E-state index contributed by atoms with van der Waals surface area (Å²) in [7, 11) is 1.75. The Balaban J connectivity index is 2.45. The second kappa shape index (κ2) is 6.02. The van der Waals surface area contributed by atoms with Gasteiger partial charge in [-0.2, -0.15) is 5.26 Å². The van der Waals surface area contributed by atoms with Crippen molar-refractivity contribution in [2.45, 2.75) is 51.0 Å². The third-order valence-electron chi connectivity index (χ3n) is 3.55. The molecule has 1 saturated carbocycles. The van der Waals surface area contributed by atoms with E-state index in [1.165, 1.54) is 6.42 Å². The third-order valence-corrected chi connectivity index (χ3v) is 3.55. The second-order valence-electron chi connectivity index (χ2n) is 5.40. The molecule has 1 unspecified atom stereocenters. The minimum atomic E-state index is -0.306. The molecule has 0 bridgehead atoms. The molecule has 0 spiro atoms. The highest BCUT2D eigenvalue weighted by Crippen LogP contribution is 2.29. The van der Waals surface area contributed by atoms with Gasteiger partial charge in [-0.1, -0.05) is 19.3 Å². The molecule has 1 atom stereocenters. The van der Waals surface area contributed by atoms with Gasteiger partial charge in [-0.25, -0.2) is 0 Å². The van der Waals surface area contributed by atoms with E-state index in [9.17, 15) is 4.79 Å². The summed E-state index contributed by atoms with van der Waals surface area (Å²) < 4.78 is 0. The normalized spacial score (nSPS) is 20.4. The number of nitrogens with zero attached hydrogens (tertiary/aromatic N) is 2. The highest BCUT2D eigenvalue weighted by Gasteiger charge is 2.31. The summed E-state index contributed by atoms with van der Waals surface area (Å²) in [5.41, 5.74) is 5.94. The first-order valence-corrected chi connectivity index (χ1v) is 6.39. The second-order valence-corrected chi connectivity index (χ2v) is 5.40. The molecule has 0 radical (unpaired) electrons. The van der Waals surface area contributed by atoms with Crippen molar-refractivity contribution < 1.29 is 4.79 Å². The lowest BCUT2D eigenvalue weighted by Gasteiger charge is -2.34. The van der Waals surface area contributed by atoms with Crippen LogP contribution >= 0.6 is 0 Å². The lowest BCUT2D eigenvalue weighted by Crippen LogP contribution is -2.46. The Kier molecular flexibility index (Phi) is 4.95. The summed E-state index contributed by atoms with van der Waals surface area (Å²) in [4.78, 5) is 13.6. The smallest absolute Gasteiger partial charge is 0.224 e. The summed E-state index contributed by atoms with van der Waals surface area (Å²) in [6.45, 7) is 2.31. The predicted molar refractivity (Wildman–Crippen MR) is 67.0 cm³/mol. The Hall–Kier alpha value is -1.08. The lowest BCUT2D eigenvalue weighted by atomic mass is 9.80. The average Bonchev–Trinajstić information content (AvgIpc) is 2.29. The highest BCUT2D eigenvalue weighted by atomic mass is 16.2. The monoisotopic (exact) mass is 237 g/mol. The van der Waals surface area contributed by atoms with Crippen molar-refractivity contribution in [3.05, 3.63) is 0 Å². The van der Waals surface area contributed by atoms with Gasteiger partial charge in [0.25, 0.3) is 0 Å². The van der Waals surface area contributed by atoms with Crippen LogP contribution < -0.4 is 5.73 Å². The Morgan fingerprint density at radius 3 is 2.59 bits per heavy atom. The number of hydrogen-bond acceptors (Lipinski definition) is 3. The van der Waals surface area contributed by atoms with Crippen molar-refractivity contribution in [2.75, 3.05) is 13.6 Å². The first-order chi connectivity index (χ1) is 7.97. The minimum absolute atomic E-state index is 0.0662. The molecule has 0 aromatic rings. The van der Waals surface area contributed by atoms with Crippen LogP contribution in [0.4, 0.5) is 0 Å². The van der Waals surface area contributed by atoms with Crippen LogP contribution in [-0.4, -0.2) is 29.9 Å². The van der Waals surface area contributed by atoms with E-state index in [0.717, 1.165) is 25.7 Å². The maximum absolute atomic E-state index is 12.0. The SMILES string of the molecule is CC(C#N)CN(C)C(=O)CC1(N)CCCCC1. The summed E-state index contributed by atoms with van der Waals surface area (Å²) >= 11 is 0. The number of rotatable bonds is 4. The molecule has 2 N–H and O–H groups in total. The van der Waals surface area contributed by atoms with Crippen LogP contribution in [0, 0.1) is 17.2 Å². The topological polar surface area (TPSA) is 70.1 Å². The Morgan fingerprint density at radius 2 is 2.06 bits per heavy atom. The standard InChI is InChI=1S/C13H23N3O/c1-11(9-14)10-16(2)12(17)8-13(15)6-4-3-5-7-13/h11H,3-8,10,15H2,1-2H3. The molecule has 0 saturated heterocycles.